The van der Waals surface area contributed by atoms with Crippen LogP contribution < -0.4 is 5.32 Å². The summed E-state index contributed by atoms with van der Waals surface area (Å²) < 4.78 is 11.4. The highest BCUT2D eigenvalue weighted by atomic mass is 16.7. The molecule has 84 valence electrons. The molecule has 2 atom stereocenters. The summed E-state index contributed by atoms with van der Waals surface area (Å²) in [4.78, 5) is 11.3. The molecule has 3 rings (SSSR count). The molecule has 2 heterocycles. The van der Waals surface area contributed by atoms with Crippen LogP contribution >= 0.6 is 0 Å². The minimum Gasteiger partial charge on any atom is -0.353 e. The van der Waals surface area contributed by atoms with Gasteiger partial charge < -0.3 is 14.8 Å². The molecule has 0 aromatic rings. The van der Waals surface area contributed by atoms with Crippen LogP contribution in [0.5, 0.6) is 0 Å². The number of nitrogens with one attached hydrogen (secondary N) is 1. The van der Waals surface area contributed by atoms with E-state index in [0.29, 0.717) is 18.4 Å². The zero-order valence-electron chi connectivity index (χ0n) is 8.83. The summed E-state index contributed by atoms with van der Waals surface area (Å²) >= 11 is 0. The summed E-state index contributed by atoms with van der Waals surface area (Å²) in [6, 6.07) is 0.365. The lowest BCUT2D eigenvalue weighted by Crippen LogP contribution is -2.52. The second kappa shape index (κ2) is 3.46. The minimum absolute atomic E-state index is 0.209. The number of carbonyl (C=O) groups is 1. The zero-order valence-corrected chi connectivity index (χ0v) is 8.83. The maximum atomic E-state index is 11.3. The molecule has 1 N–H and O–H groups in total. The van der Waals surface area contributed by atoms with Crippen molar-refractivity contribution in [3.05, 3.63) is 0 Å². The normalized spacial score (nSPS) is 38.8. The molecule has 0 aromatic carbocycles. The molecule has 0 unspecified atom stereocenters. The zero-order chi connectivity index (χ0) is 10.3. The molecule has 4 heteroatoms. The molecule has 3 aliphatic rings. The molecule has 4 nitrogen and oxygen atoms in total. The van der Waals surface area contributed by atoms with Gasteiger partial charge in [-0.25, -0.2) is 0 Å². The number of hydrogen-bond donors (Lipinski definition) is 1. The Morgan fingerprint density at radius 1 is 1.27 bits per heavy atom. The van der Waals surface area contributed by atoms with Gasteiger partial charge in [0.25, 0.3) is 0 Å². The lowest BCUT2D eigenvalue weighted by Gasteiger charge is -2.43. The van der Waals surface area contributed by atoms with Crippen LogP contribution in [-0.4, -0.2) is 30.9 Å². The Kier molecular flexibility index (Phi) is 2.21. The van der Waals surface area contributed by atoms with Crippen molar-refractivity contribution in [2.45, 2.75) is 43.9 Å². The smallest absolute Gasteiger partial charge is 0.220 e. The Hall–Kier alpha value is -0.610. The largest absolute Gasteiger partial charge is 0.353 e. The first kappa shape index (κ1) is 9.60. The van der Waals surface area contributed by atoms with Crippen LogP contribution in [0.3, 0.4) is 0 Å². The summed E-state index contributed by atoms with van der Waals surface area (Å²) in [5, 5.41) is 3.07. The van der Waals surface area contributed by atoms with E-state index in [1.54, 1.807) is 0 Å². The molecule has 2 saturated heterocycles. The first-order valence-electron chi connectivity index (χ1n) is 5.85. The number of rotatable bonds is 0. The molecular formula is C11H17NO3. The van der Waals surface area contributed by atoms with Crippen LogP contribution in [0.1, 0.15) is 32.1 Å². The van der Waals surface area contributed by atoms with Gasteiger partial charge in [0.15, 0.2) is 5.79 Å². The van der Waals surface area contributed by atoms with Crippen molar-refractivity contribution in [1.82, 2.24) is 5.32 Å². The number of amides is 1. The Bertz CT molecular complexity index is 273. The minimum atomic E-state index is -0.302. The van der Waals surface area contributed by atoms with Crippen LogP contribution in [0.4, 0.5) is 0 Å². The average molecular weight is 211 g/mol. The Morgan fingerprint density at radius 3 is 2.87 bits per heavy atom. The highest BCUT2D eigenvalue weighted by Gasteiger charge is 2.46. The molecule has 2 aliphatic heterocycles. The maximum Gasteiger partial charge on any atom is 0.220 e. The van der Waals surface area contributed by atoms with Crippen molar-refractivity contribution in [1.29, 1.82) is 0 Å². The monoisotopic (exact) mass is 211 g/mol. The second-order valence-electron chi connectivity index (χ2n) is 4.82. The fraction of sp³-hybridized carbons (Fsp3) is 0.909. The summed E-state index contributed by atoms with van der Waals surface area (Å²) in [5.74, 6) is 0.457. The van der Waals surface area contributed by atoms with Gasteiger partial charge >= 0.3 is 0 Å². The number of ether oxygens (including phenoxy) is 2. The van der Waals surface area contributed by atoms with E-state index >= 15 is 0 Å². The van der Waals surface area contributed by atoms with E-state index in [1.807, 2.05) is 0 Å². The number of carbonyl (C=O) groups excluding carboxylic acids is 1. The Balaban J connectivity index is 1.70. The molecule has 1 spiro atoms. The van der Waals surface area contributed by atoms with Crippen molar-refractivity contribution >= 4 is 5.91 Å². The molecule has 15 heavy (non-hydrogen) atoms. The molecule has 0 radical (unpaired) electrons. The SMILES string of the molecule is O=C1CC[C@H]2CC3(CC[C@@H]2N1)OCCO3. The van der Waals surface area contributed by atoms with E-state index in [2.05, 4.69) is 5.32 Å². The number of fused-ring (bicyclic) bond motifs is 1. The van der Waals surface area contributed by atoms with Crippen LogP contribution in [0.2, 0.25) is 0 Å². The highest BCUT2D eigenvalue weighted by molar-refractivity contribution is 5.77. The molecule has 3 fully saturated rings. The van der Waals surface area contributed by atoms with Gasteiger partial charge in [-0.05, 0) is 18.8 Å². The predicted molar refractivity (Wildman–Crippen MR) is 53.1 cm³/mol. The molecule has 1 amide bonds. The molecular weight excluding hydrogens is 194 g/mol. The highest BCUT2D eigenvalue weighted by Crippen LogP contribution is 2.41. The number of piperidine rings is 1. The van der Waals surface area contributed by atoms with Crippen molar-refractivity contribution in [3.8, 4) is 0 Å². The summed E-state index contributed by atoms with van der Waals surface area (Å²) in [6.07, 6.45) is 4.53. The first-order valence-corrected chi connectivity index (χ1v) is 5.85. The first-order chi connectivity index (χ1) is 7.27. The van der Waals surface area contributed by atoms with E-state index in [-0.39, 0.29) is 11.7 Å². The fourth-order valence-corrected chi connectivity index (χ4v) is 3.10. The summed E-state index contributed by atoms with van der Waals surface area (Å²) in [5.41, 5.74) is 0. The molecule has 0 aromatic heterocycles. The average Bonchev–Trinajstić information content (AvgIpc) is 2.67. The van der Waals surface area contributed by atoms with Crippen LogP contribution in [-0.2, 0) is 14.3 Å². The Labute approximate surface area is 89.3 Å². The number of hydrogen-bond acceptors (Lipinski definition) is 3. The fourth-order valence-electron chi connectivity index (χ4n) is 3.10. The van der Waals surface area contributed by atoms with Crippen molar-refractivity contribution in [2.24, 2.45) is 5.92 Å². The third-order valence-electron chi connectivity index (χ3n) is 3.88. The molecule has 1 saturated carbocycles. The topological polar surface area (TPSA) is 47.6 Å². The van der Waals surface area contributed by atoms with Crippen molar-refractivity contribution in [3.63, 3.8) is 0 Å². The third kappa shape index (κ3) is 1.66. The van der Waals surface area contributed by atoms with E-state index < -0.39 is 0 Å². The van der Waals surface area contributed by atoms with Crippen molar-refractivity contribution < 1.29 is 14.3 Å². The predicted octanol–water partition coefficient (Wildman–Crippen LogP) is 0.808. The van der Waals surface area contributed by atoms with Gasteiger partial charge in [-0.15, -0.1) is 0 Å². The van der Waals surface area contributed by atoms with Gasteiger partial charge in [0.05, 0.1) is 13.2 Å². The lowest BCUT2D eigenvalue weighted by molar-refractivity contribution is -0.193. The second-order valence-corrected chi connectivity index (χ2v) is 4.82. The van der Waals surface area contributed by atoms with E-state index in [1.165, 1.54) is 0 Å². The van der Waals surface area contributed by atoms with Crippen LogP contribution in [0.25, 0.3) is 0 Å². The standard InChI is InChI=1S/C11H17NO3/c13-10-2-1-8-7-11(14-5-6-15-11)4-3-9(8)12-10/h8-9H,1-7H2,(H,12,13)/t8-,9-/m0/s1. The van der Waals surface area contributed by atoms with Gasteiger partial charge in [0.2, 0.25) is 5.91 Å². The van der Waals surface area contributed by atoms with Crippen LogP contribution in [0.15, 0.2) is 0 Å². The van der Waals surface area contributed by atoms with Crippen molar-refractivity contribution in [2.75, 3.05) is 13.2 Å². The molecule has 0 bridgehead atoms. The van der Waals surface area contributed by atoms with Gasteiger partial charge in [0, 0.05) is 25.3 Å². The molecule has 1 aliphatic carbocycles. The summed E-state index contributed by atoms with van der Waals surface area (Å²) in [6.45, 7) is 1.45. The van der Waals surface area contributed by atoms with E-state index in [0.717, 1.165) is 38.9 Å². The maximum absolute atomic E-state index is 11.3. The summed E-state index contributed by atoms with van der Waals surface area (Å²) in [7, 11) is 0. The van der Waals surface area contributed by atoms with Gasteiger partial charge in [0.1, 0.15) is 0 Å². The quantitative estimate of drug-likeness (QED) is 0.645. The van der Waals surface area contributed by atoms with Gasteiger partial charge in [-0.1, -0.05) is 0 Å². The lowest BCUT2D eigenvalue weighted by atomic mass is 9.76. The van der Waals surface area contributed by atoms with Crippen LogP contribution in [0, 0.1) is 5.92 Å². The van der Waals surface area contributed by atoms with Gasteiger partial charge in [-0.2, -0.15) is 0 Å². The Morgan fingerprint density at radius 2 is 2.07 bits per heavy atom. The van der Waals surface area contributed by atoms with E-state index in [9.17, 15) is 4.79 Å². The third-order valence-corrected chi connectivity index (χ3v) is 3.88. The van der Waals surface area contributed by atoms with Gasteiger partial charge in [-0.3, -0.25) is 4.79 Å². The van der Waals surface area contributed by atoms with E-state index in [4.69, 9.17) is 9.47 Å².